The molecule has 0 aromatic rings. The Morgan fingerprint density at radius 1 is 1.24 bits per heavy atom. The van der Waals surface area contributed by atoms with Crippen LogP contribution in [0.3, 0.4) is 0 Å². The minimum absolute atomic E-state index is 0.0137. The Morgan fingerprint density at radius 3 is 2.62 bits per heavy atom. The van der Waals surface area contributed by atoms with Crippen molar-refractivity contribution in [3.05, 3.63) is 10.4 Å². The SMILES string of the molecule is CC1(C)C[C@H](N=[N+]=[N-])C[C@@]2(C)C1CC[C@@]1(C)OC(=O)C[C@@H]12. The maximum Gasteiger partial charge on any atom is 0.306 e. The highest BCUT2D eigenvalue weighted by molar-refractivity contribution is 5.73. The first kappa shape index (κ1) is 14.7. The van der Waals surface area contributed by atoms with Crippen molar-refractivity contribution in [3.8, 4) is 0 Å². The van der Waals surface area contributed by atoms with Crippen LogP contribution in [0.4, 0.5) is 0 Å². The number of rotatable bonds is 1. The van der Waals surface area contributed by atoms with Gasteiger partial charge in [-0.1, -0.05) is 25.9 Å². The van der Waals surface area contributed by atoms with Gasteiger partial charge in [0.25, 0.3) is 0 Å². The van der Waals surface area contributed by atoms with Crippen molar-refractivity contribution in [2.24, 2.45) is 27.8 Å². The molecule has 1 saturated heterocycles. The van der Waals surface area contributed by atoms with E-state index in [0.717, 1.165) is 25.7 Å². The van der Waals surface area contributed by atoms with Crippen LogP contribution in [0.1, 0.15) is 59.8 Å². The molecule has 2 saturated carbocycles. The summed E-state index contributed by atoms with van der Waals surface area (Å²) in [6.45, 7) is 8.96. The van der Waals surface area contributed by atoms with Gasteiger partial charge in [0.05, 0.1) is 6.42 Å². The number of hydrogen-bond acceptors (Lipinski definition) is 3. The van der Waals surface area contributed by atoms with E-state index < -0.39 is 0 Å². The van der Waals surface area contributed by atoms with Crippen molar-refractivity contribution in [2.45, 2.75) is 71.4 Å². The van der Waals surface area contributed by atoms with Gasteiger partial charge in [-0.15, -0.1) is 0 Å². The van der Waals surface area contributed by atoms with Crippen molar-refractivity contribution >= 4 is 5.97 Å². The van der Waals surface area contributed by atoms with Crippen molar-refractivity contribution in [1.82, 2.24) is 0 Å². The summed E-state index contributed by atoms with van der Waals surface area (Å²) in [5.41, 5.74) is 8.66. The van der Waals surface area contributed by atoms with E-state index in [2.05, 4.69) is 37.7 Å². The largest absolute Gasteiger partial charge is 0.459 e. The molecule has 5 nitrogen and oxygen atoms in total. The van der Waals surface area contributed by atoms with E-state index >= 15 is 0 Å². The molecule has 5 heteroatoms. The Labute approximate surface area is 126 Å². The number of fused-ring (bicyclic) bond motifs is 3. The van der Waals surface area contributed by atoms with Crippen molar-refractivity contribution in [3.63, 3.8) is 0 Å². The van der Waals surface area contributed by atoms with Crippen LogP contribution < -0.4 is 0 Å². The summed E-state index contributed by atoms with van der Waals surface area (Å²) >= 11 is 0. The third kappa shape index (κ3) is 2.05. The lowest BCUT2D eigenvalue weighted by atomic mass is 9.45. The Hall–Kier alpha value is -1.22. The molecule has 1 heterocycles. The number of azide groups is 1. The molecule has 116 valence electrons. The van der Waals surface area contributed by atoms with Gasteiger partial charge in [-0.05, 0) is 54.9 Å². The zero-order chi connectivity index (χ0) is 15.5. The Morgan fingerprint density at radius 2 is 1.95 bits per heavy atom. The molecule has 3 fully saturated rings. The Kier molecular flexibility index (Phi) is 3.07. The first-order valence-corrected chi connectivity index (χ1v) is 7.97. The molecular formula is C16H25N3O2. The van der Waals surface area contributed by atoms with Crippen LogP contribution in [0, 0.1) is 22.7 Å². The van der Waals surface area contributed by atoms with Gasteiger partial charge in [-0.3, -0.25) is 4.79 Å². The van der Waals surface area contributed by atoms with E-state index in [1.54, 1.807) is 0 Å². The van der Waals surface area contributed by atoms with Gasteiger partial charge >= 0.3 is 5.97 Å². The van der Waals surface area contributed by atoms with E-state index in [1.165, 1.54) is 0 Å². The second kappa shape index (κ2) is 4.39. The van der Waals surface area contributed by atoms with Gasteiger partial charge in [-0.2, -0.15) is 0 Å². The van der Waals surface area contributed by atoms with Crippen LogP contribution >= 0.6 is 0 Å². The van der Waals surface area contributed by atoms with Crippen molar-refractivity contribution in [2.75, 3.05) is 0 Å². The number of carbonyl (C=O) groups excluding carboxylic acids is 1. The summed E-state index contributed by atoms with van der Waals surface area (Å²) < 4.78 is 5.69. The quantitative estimate of drug-likeness (QED) is 0.314. The predicted molar refractivity (Wildman–Crippen MR) is 79.4 cm³/mol. The molecule has 21 heavy (non-hydrogen) atoms. The molecule has 3 aliphatic rings. The molecule has 3 rings (SSSR count). The van der Waals surface area contributed by atoms with Crippen LogP contribution in [0.15, 0.2) is 5.11 Å². The highest BCUT2D eigenvalue weighted by Gasteiger charge is 2.63. The minimum Gasteiger partial charge on any atom is -0.459 e. The Bertz CT molecular complexity index is 526. The highest BCUT2D eigenvalue weighted by atomic mass is 16.6. The van der Waals surface area contributed by atoms with E-state index in [4.69, 9.17) is 10.3 Å². The van der Waals surface area contributed by atoms with Gasteiger partial charge in [0.1, 0.15) is 5.60 Å². The molecular weight excluding hydrogens is 266 g/mol. The van der Waals surface area contributed by atoms with Crippen LogP contribution in [0.5, 0.6) is 0 Å². The van der Waals surface area contributed by atoms with Crippen molar-refractivity contribution in [1.29, 1.82) is 0 Å². The summed E-state index contributed by atoms with van der Waals surface area (Å²) in [7, 11) is 0. The average molecular weight is 291 g/mol. The van der Waals surface area contributed by atoms with Crippen LogP contribution in [0.2, 0.25) is 0 Å². The predicted octanol–water partition coefficient (Wildman–Crippen LogP) is 4.22. The summed E-state index contributed by atoms with van der Waals surface area (Å²) in [4.78, 5) is 14.9. The van der Waals surface area contributed by atoms with Crippen LogP contribution in [-0.2, 0) is 9.53 Å². The fraction of sp³-hybridized carbons (Fsp3) is 0.938. The van der Waals surface area contributed by atoms with Gasteiger partial charge < -0.3 is 4.74 Å². The van der Waals surface area contributed by atoms with E-state index in [9.17, 15) is 4.79 Å². The highest BCUT2D eigenvalue weighted by Crippen LogP contribution is 2.65. The molecule has 0 bridgehead atoms. The first-order chi connectivity index (χ1) is 9.71. The molecule has 5 atom stereocenters. The lowest BCUT2D eigenvalue weighted by Gasteiger charge is -2.60. The topological polar surface area (TPSA) is 75.1 Å². The summed E-state index contributed by atoms with van der Waals surface area (Å²) in [6, 6.07) is 0.0318. The third-order valence-electron chi connectivity index (χ3n) is 6.57. The van der Waals surface area contributed by atoms with Crippen LogP contribution in [0.25, 0.3) is 10.4 Å². The molecule has 0 spiro atoms. The van der Waals surface area contributed by atoms with Gasteiger partial charge in [0, 0.05) is 16.9 Å². The normalized spacial score (nSPS) is 47.8. The van der Waals surface area contributed by atoms with E-state index in [-0.39, 0.29) is 34.4 Å². The molecule has 1 unspecified atom stereocenters. The molecule has 0 aromatic carbocycles. The lowest BCUT2D eigenvalue weighted by molar-refractivity contribution is -0.166. The maximum atomic E-state index is 11.9. The molecule has 0 N–H and O–H groups in total. The van der Waals surface area contributed by atoms with Gasteiger partial charge in [-0.25, -0.2) is 0 Å². The zero-order valence-electron chi connectivity index (χ0n) is 13.4. The first-order valence-electron chi connectivity index (χ1n) is 7.97. The molecule has 2 aliphatic carbocycles. The summed E-state index contributed by atoms with van der Waals surface area (Å²) in [5, 5.41) is 4.03. The average Bonchev–Trinajstić information content (AvgIpc) is 2.64. The van der Waals surface area contributed by atoms with Crippen molar-refractivity contribution < 1.29 is 9.53 Å². The number of esters is 1. The second-order valence-corrected chi connectivity index (χ2v) is 8.40. The summed E-state index contributed by atoms with van der Waals surface area (Å²) in [5.74, 6) is 0.739. The monoisotopic (exact) mass is 291 g/mol. The smallest absolute Gasteiger partial charge is 0.306 e. The fourth-order valence-corrected chi connectivity index (χ4v) is 5.97. The molecule has 0 amide bonds. The zero-order valence-corrected chi connectivity index (χ0v) is 13.4. The lowest BCUT2D eigenvalue weighted by Crippen LogP contribution is -2.58. The van der Waals surface area contributed by atoms with E-state index in [0.29, 0.717) is 12.3 Å². The standard InChI is InChI=1S/C16H25N3O2/c1-14(2)8-10(18-19-17)9-15(3)11(14)5-6-16(4)12(15)7-13(20)21-16/h10-12H,5-9H2,1-4H3/t10-,11?,12+,15-,16+/m0/s1. The maximum absolute atomic E-state index is 11.9. The van der Waals surface area contributed by atoms with E-state index in [1.807, 2.05) is 0 Å². The van der Waals surface area contributed by atoms with Gasteiger partial charge in [0.15, 0.2) is 0 Å². The number of ether oxygens (including phenoxy) is 1. The van der Waals surface area contributed by atoms with Gasteiger partial charge in [0.2, 0.25) is 0 Å². The minimum atomic E-state index is -0.323. The fourth-order valence-electron chi connectivity index (χ4n) is 5.97. The third-order valence-corrected chi connectivity index (χ3v) is 6.57. The molecule has 1 aliphatic heterocycles. The second-order valence-electron chi connectivity index (χ2n) is 8.40. The summed E-state index contributed by atoms with van der Waals surface area (Å²) in [6.07, 6.45) is 4.38. The Balaban J connectivity index is 2.02. The van der Waals surface area contributed by atoms with Crippen LogP contribution in [-0.4, -0.2) is 17.6 Å². The molecule has 0 radical (unpaired) electrons. The number of nitrogens with zero attached hydrogens (tertiary/aromatic N) is 3. The number of hydrogen-bond donors (Lipinski definition) is 0. The molecule has 0 aromatic heterocycles. The number of carbonyl (C=O) groups is 1.